The third kappa shape index (κ3) is 8.94. The highest BCUT2D eigenvalue weighted by molar-refractivity contribution is 7.89. The summed E-state index contributed by atoms with van der Waals surface area (Å²) in [5.41, 5.74) is -0.223. The van der Waals surface area contributed by atoms with Crippen LogP contribution in [0.1, 0.15) is 46.5 Å². The van der Waals surface area contributed by atoms with Gasteiger partial charge < -0.3 is 9.53 Å². The number of sulfonamides is 2. The molecule has 2 saturated carbocycles. The molecule has 11 heteroatoms. The van der Waals surface area contributed by atoms with Gasteiger partial charge >= 0.3 is 0 Å². The predicted molar refractivity (Wildman–Crippen MR) is 160 cm³/mol. The molecule has 4 rings (SSSR count). The lowest BCUT2D eigenvalue weighted by Crippen LogP contribution is -2.67. The van der Waals surface area contributed by atoms with Crippen molar-refractivity contribution in [3.05, 3.63) is 60.7 Å². The smallest absolute Gasteiger partial charge is 0.261 e. The molecule has 0 bridgehead atoms. The van der Waals surface area contributed by atoms with E-state index in [0.29, 0.717) is 19.7 Å². The fourth-order valence-electron chi connectivity index (χ4n) is 4.71. The number of hydrogen-bond donors (Lipinski definition) is 3. The summed E-state index contributed by atoms with van der Waals surface area (Å²) in [4.78, 5) is 0. The van der Waals surface area contributed by atoms with Crippen molar-refractivity contribution in [2.75, 3.05) is 38.8 Å². The highest BCUT2D eigenvalue weighted by Crippen LogP contribution is 2.47. The molecule has 218 valence electrons. The van der Waals surface area contributed by atoms with Crippen LogP contribution in [0.5, 0.6) is 0 Å². The molecule has 2 aromatic rings. The fraction of sp³-hybridized carbons (Fsp3) is 0.571. The summed E-state index contributed by atoms with van der Waals surface area (Å²) in [5.74, 6) is 0. The molecule has 2 fully saturated rings. The van der Waals surface area contributed by atoms with Crippen LogP contribution >= 0.6 is 0 Å². The van der Waals surface area contributed by atoms with Crippen molar-refractivity contribution >= 4 is 38.7 Å². The molecule has 0 amide bonds. The van der Waals surface area contributed by atoms with Crippen LogP contribution in [0.2, 0.25) is 5.04 Å². The molecule has 0 unspecified atom stereocenters. The van der Waals surface area contributed by atoms with E-state index >= 15 is 0 Å². The standard InChI is InChI=1S/C22H31NO3SSi.C6H13NO3S/c1-21(2,3)28(19-11-7-5-8-12-19,20-13-9-6-10-14-20)26-18-22(15-16-22)17-23-27(4,24)25;1-11(9,10)7-4-6(5-8)2-3-6/h5-14,23H,15-18H2,1-4H3;7-8H,2-5H2,1H3. The molecule has 0 aromatic heterocycles. The molecule has 2 aliphatic rings. The summed E-state index contributed by atoms with van der Waals surface area (Å²) in [6, 6.07) is 21.1. The van der Waals surface area contributed by atoms with E-state index < -0.39 is 28.4 Å². The molecule has 0 saturated heterocycles. The monoisotopic (exact) mass is 596 g/mol. The van der Waals surface area contributed by atoms with E-state index in [1.54, 1.807) is 0 Å². The van der Waals surface area contributed by atoms with E-state index in [9.17, 15) is 16.8 Å². The van der Waals surface area contributed by atoms with Gasteiger partial charge in [-0.2, -0.15) is 0 Å². The normalized spacial score (nSPS) is 18.1. The van der Waals surface area contributed by atoms with Crippen LogP contribution in [0.3, 0.4) is 0 Å². The largest absolute Gasteiger partial charge is 0.407 e. The van der Waals surface area contributed by atoms with E-state index in [1.165, 1.54) is 16.6 Å². The van der Waals surface area contributed by atoms with Crippen molar-refractivity contribution < 1.29 is 26.4 Å². The molecule has 2 aliphatic carbocycles. The van der Waals surface area contributed by atoms with Gasteiger partial charge in [0.25, 0.3) is 8.32 Å². The maximum atomic E-state index is 11.6. The van der Waals surface area contributed by atoms with E-state index in [0.717, 1.165) is 31.9 Å². The SMILES string of the molecule is CC(C)(C)[Si](OCC1(CNS(C)(=O)=O)CC1)(c1ccccc1)c1ccccc1.CS(=O)(=O)NCC1(CO)CC1. The average molecular weight is 597 g/mol. The Hall–Kier alpha value is -1.60. The van der Waals surface area contributed by atoms with Crippen molar-refractivity contribution in [3.8, 4) is 0 Å². The van der Waals surface area contributed by atoms with E-state index in [4.69, 9.17) is 9.53 Å². The molecule has 0 radical (unpaired) electrons. The van der Waals surface area contributed by atoms with Gasteiger partial charge in [-0.3, -0.25) is 0 Å². The Kier molecular flexibility index (Phi) is 9.90. The van der Waals surface area contributed by atoms with Gasteiger partial charge in [0.15, 0.2) is 0 Å². The third-order valence-electron chi connectivity index (χ3n) is 7.68. The van der Waals surface area contributed by atoms with Gasteiger partial charge in [-0.15, -0.1) is 0 Å². The molecule has 0 heterocycles. The third-order valence-corrected chi connectivity index (χ3v) is 14.0. The van der Waals surface area contributed by atoms with Gasteiger partial charge in [0.05, 0.1) is 12.5 Å². The predicted octanol–water partition coefficient (Wildman–Crippen LogP) is 2.20. The average Bonchev–Trinajstić information content (AvgIpc) is 3.79. The molecular formula is C28H44N2O6S2Si. The Morgan fingerprint density at radius 1 is 0.769 bits per heavy atom. The van der Waals surface area contributed by atoms with Crippen molar-refractivity contribution in [3.63, 3.8) is 0 Å². The summed E-state index contributed by atoms with van der Waals surface area (Å²) in [5, 5.41) is 11.2. The number of hydrogen-bond acceptors (Lipinski definition) is 6. The number of benzene rings is 2. The maximum Gasteiger partial charge on any atom is 0.261 e. The van der Waals surface area contributed by atoms with Crippen molar-refractivity contribution in [1.82, 2.24) is 9.44 Å². The Bertz CT molecular complexity index is 1250. The quantitative estimate of drug-likeness (QED) is 0.323. The van der Waals surface area contributed by atoms with Crippen molar-refractivity contribution in [2.24, 2.45) is 10.8 Å². The number of nitrogens with one attached hydrogen (secondary N) is 2. The van der Waals surface area contributed by atoms with Crippen molar-refractivity contribution in [1.29, 1.82) is 0 Å². The lowest BCUT2D eigenvalue weighted by molar-refractivity contribution is 0.213. The van der Waals surface area contributed by atoms with Gasteiger partial charge in [-0.25, -0.2) is 26.3 Å². The first kappa shape index (κ1) is 31.9. The summed E-state index contributed by atoms with van der Waals surface area (Å²) in [7, 11) is -8.86. The zero-order valence-corrected chi connectivity index (χ0v) is 26.4. The first-order chi connectivity index (χ1) is 18.1. The molecule has 8 nitrogen and oxygen atoms in total. The summed E-state index contributed by atoms with van der Waals surface area (Å²) >= 11 is 0. The number of rotatable bonds is 12. The Morgan fingerprint density at radius 2 is 1.15 bits per heavy atom. The Labute approximate surface area is 235 Å². The van der Waals surface area contributed by atoms with Crippen LogP contribution in [0, 0.1) is 10.8 Å². The molecule has 0 spiro atoms. The number of aliphatic hydroxyl groups excluding tert-OH is 1. The second kappa shape index (κ2) is 12.1. The van der Waals surface area contributed by atoms with Crippen LogP contribution in [0.15, 0.2) is 60.7 Å². The highest BCUT2D eigenvalue weighted by Gasteiger charge is 2.53. The fourth-order valence-corrected chi connectivity index (χ4v) is 10.5. The van der Waals surface area contributed by atoms with Crippen molar-refractivity contribution in [2.45, 2.75) is 51.5 Å². The molecule has 2 aromatic carbocycles. The molecule has 3 N–H and O–H groups in total. The van der Waals surface area contributed by atoms with Gasteiger partial charge in [0.2, 0.25) is 20.0 Å². The zero-order valence-electron chi connectivity index (χ0n) is 23.7. The van der Waals surface area contributed by atoms with Crippen LogP contribution in [0.4, 0.5) is 0 Å². The maximum absolute atomic E-state index is 11.6. The second-order valence-electron chi connectivity index (χ2n) is 12.3. The molecule has 39 heavy (non-hydrogen) atoms. The Morgan fingerprint density at radius 3 is 1.46 bits per heavy atom. The molecule has 0 atom stereocenters. The lowest BCUT2D eigenvalue weighted by Gasteiger charge is -2.43. The Balaban J connectivity index is 0.000000320. The van der Waals surface area contributed by atoms with Crippen LogP contribution in [-0.2, 0) is 24.5 Å². The van der Waals surface area contributed by atoms with Gasteiger partial charge in [-0.05, 0) is 41.1 Å². The van der Waals surface area contributed by atoms with E-state index in [-0.39, 0.29) is 22.5 Å². The summed E-state index contributed by atoms with van der Waals surface area (Å²) in [6.45, 7) is 8.25. The van der Waals surface area contributed by atoms with E-state index in [2.05, 4.69) is 78.7 Å². The second-order valence-corrected chi connectivity index (χ2v) is 20.3. The van der Waals surface area contributed by atoms with Gasteiger partial charge in [0, 0.05) is 37.1 Å². The minimum atomic E-state index is -3.20. The lowest BCUT2D eigenvalue weighted by atomic mass is 10.1. The van der Waals surface area contributed by atoms with Gasteiger partial charge in [-0.1, -0.05) is 81.4 Å². The first-order valence-corrected chi connectivity index (χ1v) is 19.0. The summed E-state index contributed by atoms with van der Waals surface area (Å²) in [6.07, 6.45) is 6.17. The minimum Gasteiger partial charge on any atom is -0.407 e. The summed E-state index contributed by atoms with van der Waals surface area (Å²) < 4.78 is 56.4. The van der Waals surface area contributed by atoms with Crippen LogP contribution in [0.25, 0.3) is 0 Å². The van der Waals surface area contributed by atoms with Gasteiger partial charge in [0.1, 0.15) is 0 Å². The van der Waals surface area contributed by atoms with Crippen LogP contribution < -0.4 is 19.8 Å². The number of aliphatic hydroxyl groups is 1. The molecular weight excluding hydrogens is 553 g/mol. The molecule has 0 aliphatic heterocycles. The first-order valence-electron chi connectivity index (χ1n) is 13.3. The van der Waals surface area contributed by atoms with Crippen LogP contribution in [-0.4, -0.2) is 69.1 Å². The van der Waals surface area contributed by atoms with E-state index in [1.807, 2.05) is 12.1 Å². The topological polar surface area (TPSA) is 122 Å². The zero-order chi connectivity index (χ0) is 29.0. The highest BCUT2D eigenvalue weighted by atomic mass is 32.2. The minimum absolute atomic E-state index is 0.0734.